The summed E-state index contributed by atoms with van der Waals surface area (Å²) in [5, 5.41) is 5.14. The maximum Gasteiger partial charge on any atom is 0.254 e. The van der Waals surface area contributed by atoms with E-state index in [1.807, 2.05) is 38.4 Å². The van der Waals surface area contributed by atoms with Crippen molar-refractivity contribution in [1.29, 1.82) is 0 Å². The molecular weight excluding hydrogens is 343 g/mol. The number of carbonyl (C=O) groups excluding carboxylic acids is 1. The van der Waals surface area contributed by atoms with E-state index in [1.54, 1.807) is 31.4 Å². The molecule has 0 aliphatic carbocycles. The minimum Gasteiger partial charge on any atom is -0.337 e. The second kappa shape index (κ2) is 7.47. The number of benzene rings is 1. The third-order valence-corrected chi connectivity index (χ3v) is 4.61. The van der Waals surface area contributed by atoms with Crippen LogP contribution in [0.4, 0.5) is 4.39 Å². The lowest BCUT2D eigenvalue weighted by Gasteiger charge is -2.19. The molecule has 27 heavy (non-hydrogen) atoms. The molecule has 0 radical (unpaired) electrons. The Kier molecular flexibility index (Phi) is 5.26. The van der Waals surface area contributed by atoms with E-state index in [0.29, 0.717) is 16.8 Å². The molecule has 1 amide bonds. The highest BCUT2D eigenvalue weighted by molar-refractivity contribution is 6.05. The molecule has 5 nitrogen and oxygen atoms in total. The molecular formula is C21H25FN4O. The Hall–Kier alpha value is -2.76. The van der Waals surface area contributed by atoms with Crippen molar-refractivity contribution in [1.82, 2.24) is 19.7 Å². The molecule has 0 atom stereocenters. The van der Waals surface area contributed by atoms with Gasteiger partial charge in [-0.3, -0.25) is 4.79 Å². The number of hydrogen-bond donors (Lipinski definition) is 0. The average molecular weight is 368 g/mol. The zero-order chi connectivity index (χ0) is 19.7. The lowest BCUT2D eigenvalue weighted by molar-refractivity contribution is 0.0785. The van der Waals surface area contributed by atoms with Crippen LogP contribution in [0.1, 0.15) is 61.3 Å². The van der Waals surface area contributed by atoms with E-state index < -0.39 is 0 Å². The van der Waals surface area contributed by atoms with Crippen LogP contribution in [-0.2, 0) is 6.54 Å². The molecule has 2 heterocycles. The third kappa shape index (κ3) is 3.70. The maximum absolute atomic E-state index is 14.0. The van der Waals surface area contributed by atoms with Gasteiger partial charge in [0.2, 0.25) is 0 Å². The van der Waals surface area contributed by atoms with Gasteiger partial charge in [-0.2, -0.15) is 5.10 Å². The number of rotatable bonds is 5. The van der Waals surface area contributed by atoms with Gasteiger partial charge in [0, 0.05) is 30.9 Å². The monoisotopic (exact) mass is 368 g/mol. The average Bonchev–Trinajstić information content (AvgIpc) is 3.06. The van der Waals surface area contributed by atoms with Crippen LogP contribution in [0.5, 0.6) is 0 Å². The second-order valence-corrected chi connectivity index (χ2v) is 7.42. The Morgan fingerprint density at radius 1 is 1.22 bits per heavy atom. The predicted octanol–water partition coefficient (Wildman–Crippen LogP) is 4.55. The van der Waals surface area contributed by atoms with Gasteiger partial charge in [-0.25, -0.2) is 14.1 Å². The van der Waals surface area contributed by atoms with Gasteiger partial charge in [-0.1, -0.05) is 32.0 Å². The number of aromatic nitrogens is 3. The van der Waals surface area contributed by atoms with E-state index in [1.165, 1.54) is 11.0 Å². The van der Waals surface area contributed by atoms with Crippen molar-refractivity contribution in [3.8, 4) is 0 Å². The van der Waals surface area contributed by atoms with E-state index in [4.69, 9.17) is 4.98 Å². The Labute approximate surface area is 158 Å². The molecule has 0 N–H and O–H groups in total. The molecule has 0 bridgehead atoms. The van der Waals surface area contributed by atoms with Gasteiger partial charge < -0.3 is 4.90 Å². The molecule has 0 saturated carbocycles. The molecule has 0 saturated heterocycles. The Morgan fingerprint density at radius 2 is 1.93 bits per heavy atom. The molecule has 142 valence electrons. The minimum absolute atomic E-state index is 0.136. The molecule has 0 unspecified atom stereocenters. The fourth-order valence-corrected chi connectivity index (χ4v) is 3.05. The van der Waals surface area contributed by atoms with Crippen molar-refractivity contribution in [3.63, 3.8) is 0 Å². The van der Waals surface area contributed by atoms with Crippen molar-refractivity contribution in [2.24, 2.45) is 0 Å². The molecule has 2 aromatic heterocycles. The Bertz CT molecular complexity index is 977. The van der Waals surface area contributed by atoms with Gasteiger partial charge in [0.15, 0.2) is 5.65 Å². The van der Waals surface area contributed by atoms with Crippen molar-refractivity contribution in [2.75, 3.05) is 7.05 Å². The zero-order valence-corrected chi connectivity index (χ0v) is 16.4. The predicted molar refractivity (Wildman–Crippen MR) is 104 cm³/mol. The number of pyridine rings is 1. The summed E-state index contributed by atoms with van der Waals surface area (Å²) < 4.78 is 15.8. The summed E-state index contributed by atoms with van der Waals surface area (Å²) in [7, 11) is 1.68. The van der Waals surface area contributed by atoms with Crippen molar-refractivity contribution in [3.05, 3.63) is 59.2 Å². The van der Waals surface area contributed by atoms with Crippen LogP contribution in [0, 0.1) is 5.82 Å². The number of halogens is 1. The summed E-state index contributed by atoms with van der Waals surface area (Å²) in [6.07, 6.45) is 1.69. The van der Waals surface area contributed by atoms with Crippen LogP contribution < -0.4 is 0 Å². The van der Waals surface area contributed by atoms with E-state index >= 15 is 0 Å². The normalized spacial score (nSPS) is 11.6. The number of amides is 1. The van der Waals surface area contributed by atoms with Crippen molar-refractivity contribution in [2.45, 2.75) is 46.2 Å². The highest BCUT2D eigenvalue weighted by Gasteiger charge is 2.21. The minimum atomic E-state index is -0.312. The number of hydrogen-bond acceptors (Lipinski definition) is 3. The molecule has 0 fully saturated rings. The highest BCUT2D eigenvalue weighted by Crippen LogP contribution is 2.25. The number of carbonyl (C=O) groups is 1. The van der Waals surface area contributed by atoms with Gasteiger partial charge in [-0.15, -0.1) is 0 Å². The van der Waals surface area contributed by atoms with E-state index in [0.717, 1.165) is 11.1 Å². The van der Waals surface area contributed by atoms with Crippen molar-refractivity contribution >= 4 is 16.9 Å². The summed E-state index contributed by atoms with van der Waals surface area (Å²) in [6.45, 7) is 8.34. The van der Waals surface area contributed by atoms with Gasteiger partial charge in [-0.05, 0) is 31.9 Å². The van der Waals surface area contributed by atoms with Gasteiger partial charge in [0.1, 0.15) is 5.82 Å². The topological polar surface area (TPSA) is 51.0 Å². The van der Waals surface area contributed by atoms with Crippen LogP contribution in [0.2, 0.25) is 0 Å². The highest BCUT2D eigenvalue weighted by atomic mass is 19.1. The molecule has 6 heteroatoms. The molecule has 0 aliphatic heterocycles. The van der Waals surface area contributed by atoms with Crippen LogP contribution in [0.25, 0.3) is 11.0 Å². The second-order valence-electron chi connectivity index (χ2n) is 7.42. The lowest BCUT2D eigenvalue weighted by atomic mass is 10.0. The SMILES string of the molecule is CC(C)c1cc(C(=O)N(C)Cc2ccccc2F)c2cnn(C(C)C)c2n1. The van der Waals surface area contributed by atoms with E-state index in [2.05, 4.69) is 5.10 Å². The first-order valence-electron chi connectivity index (χ1n) is 9.16. The fraction of sp³-hybridized carbons (Fsp3) is 0.381. The van der Waals surface area contributed by atoms with E-state index in [-0.39, 0.29) is 30.2 Å². The molecule has 1 aromatic carbocycles. The maximum atomic E-state index is 14.0. The van der Waals surface area contributed by atoms with E-state index in [9.17, 15) is 9.18 Å². The standard InChI is InChI=1S/C21H25FN4O/c1-13(2)19-10-16(17-11-23-26(14(3)4)20(17)24-19)21(27)25(5)12-15-8-6-7-9-18(15)22/h6-11,13-14H,12H2,1-5H3. The quantitative estimate of drug-likeness (QED) is 0.664. The van der Waals surface area contributed by atoms with Crippen molar-refractivity contribution < 1.29 is 9.18 Å². The first kappa shape index (κ1) is 19.0. The van der Waals surface area contributed by atoms with Crippen LogP contribution in [-0.4, -0.2) is 32.6 Å². The van der Waals surface area contributed by atoms with Crippen LogP contribution >= 0.6 is 0 Å². The number of fused-ring (bicyclic) bond motifs is 1. The Balaban J connectivity index is 2.04. The first-order chi connectivity index (χ1) is 12.8. The van der Waals surface area contributed by atoms with Gasteiger partial charge in [0.25, 0.3) is 5.91 Å². The molecule has 3 aromatic rings. The summed E-state index contributed by atoms with van der Waals surface area (Å²) >= 11 is 0. The summed E-state index contributed by atoms with van der Waals surface area (Å²) in [4.78, 5) is 19.4. The molecule has 0 aliphatic rings. The van der Waals surface area contributed by atoms with Gasteiger partial charge >= 0.3 is 0 Å². The van der Waals surface area contributed by atoms with Crippen LogP contribution in [0.3, 0.4) is 0 Å². The molecule has 3 rings (SSSR count). The summed E-state index contributed by atoms with van der Waals surface area (Å²) in [5.41, 5.74) is 2.58. The molecule has 0 spiro atoms. The number of nitrogens with zero attached hydrogens (tertiary/aromatic N) is 4. The fourth-order valence-electron chi connectivity index (χ4n) is 3.05. The Morgan fingerprint density at radius 3 is 2.56 bits per heavy atom. The van der Waals surface area contributed by atoms with Crippen LogP contribution in [0.15, 0.2) is 36.5 Å². The lowest BCUT2D eigenvalue weighted by Crippen LogP contribution is -2.27. The third-order valence-electron chi connectivity index (χ3n) is 4.61. The largest absolute Gasteiger partial charge is 0.337 e. The summed E-state index contributed by atoms with van der Waals surface area (Å²) in [6, 6.07) is 8.48. The smallest absolute Gasteiger partial charge is 0.254 e. The summed E-state index contributed by atoms with van der Waals surface area (Å²) in [5.74, 6) is -0.309. The van der Waals surface area contributed by atoms with Gasteiger partial charge in [0.05, 0.1) is 17.1 Å². The zero-order valence-electron chi connectivity index (χ0n) is 16.4. The first-order valence-corrected chi connectivity index (χ1v) is 9.16.